The van der Waals surface area contributed by atoms with Gasteiger partial charge >= 0.3 is 11.9 Å². The van der Waals surface area contributed by atoms with E-state index < -0.39 is 35.9 Å². The second kappa shape index (κ2) is 8.88. The molecule has 4 rings (SSSR count). The second-order valence-corrected chi connectivity index (χ2v) is 12.6. The van der Waals surface area contributed by atoms with Crippen molar-refractivity contribution in [2.75, 3.05) is 0 Å². The van der Waals surface area contributed by atoms with E-state index in [0.29, 0.717) is 24.7 Å². The van der Waals surface area contributed by atoms with Crippen LogP contribution in [-0.2, 0) is 33.3 Å². The van der Waals surface area contributed by atoms with E-state index in [2.05, 4.69) is 34.6 Å². The van der Waals surface area contributed by atoms with Gasteiger partial charge < -0.3 is 18.9 Å². The smallest absolute Gasteiger partial charge is 0.304 e. The first kappa shape index (κ1) is 25.6. The van der Waals surface area contributed by atoms with Crippen molar-refractivity contribution >= 4 is 17.7 Å². The van der Waals surface area contributed by atoms with E-state index in [1.54, 1.807) is 0 Å². The third-order valence-corrected chi connectivity index (χ3v) is 9.22. The van der Waals surface area contributed by atoms with Gasteiger partial charge in [-0.05, 0) is 81.5 Å². The first-order valence-electron chi connectivity index (χ1n) is 12.9. The third-order valence-electron chi connectivity index (χ3n) is 9.22. The molecule has 3 saturated carbocycles. The normalized spacial score (nSPS) is 44.3. The summed E-state index contributed by atoms with van der Waals surface area (Å²) in [4.78, 5) is 37.2. The monoisotopic (exact) mass is 478 g/mol. The van der Waals surface area contributed by atoms with Gasteiger partial charge in [0.1, 0.15) is 5.78 Å². The number of rotatable bonds is 3. The lowest BCUT2D eigenvalue weighted by Crippen LogP contribution is -2.57. The Labute approximate surface area is 203 Å². The average molecular weight is 479 g/mol. The van der Waals surface area contributed by atoms with Crippen LogP contribution in [0.15, 0.2) is 0 Å². The van der Waals surface area contributed by atoms with Crippen LogP contribution in [-0.4, -0.2) is 42.0 Å². The molecule has 0 bridgehead atoms. The third kappa shape index (κ3) is 4.55. The largest absolute Gasteiger partial charge is 0.436 e. The van der Waals surface area contributed by atoms with Gasteiger partial charge in [0.15, 0.2) is 0 Å². The highest BCUT2D eigenvalue weighted by Crippen LogP contribution is 2.65. The lowest BCUT2D eigenvalue weighted by molar-refractivity contribution is -0.300. The molecule has 4 fully saturated rings. The summed E-state index contributed by atoms with van der Waals surface area (Å²) in [6.07, 6.45) is 4.25. The topological polar surface area (TPSA) is 88.1 Å². The highest BCUT2D eigenvalue weighted by Gasteiger charge is 2.64. The Balaban J connectivity index is 1.68. The van der Waals surface area contributed by atoms with Crippen LogP contribution < -0.4 is 0 Å². The van der Waals surface area contributed by atoms with E-state index in [1.807, 2.05) is 0 Å². The molecule has 0 radical (unpaired) electrons. The minimum atomic E-state index is -1.03. The summed E-state index contributed by atoms with van der Waals surface area (Å²) in [6, 6.07) is 0. The maximum absolute atomic E-state index is 13.5. The van der Waals surface area contributed by atoms with Crippen molar-refractivity contribution in [1.82, 2.24) is 0 Å². The summed E-state index contributed by atoms with van der Waals surface area (Å²) in [5, 5.41) is 0. The SMILES string of the molecule is CC(=O)O[C@H]1C[C@@]2(C)[C@H](C(=O)CC[C@@H]3[C@@H]2CC[C@]2(C)[C@@H](OC(C)(C)C)CC[C@@H]32)[C@H](OC(C)=O)O1. The fourth-order valence-corrected chi connectivity index (χ4v) is 8.03. The van der Waals surface area contributed by atoms with E-state index in [0.717, 1.165) is 32.1 Å². The summed E-state index contributed by atoms with van der Waals surface area (Å²) in [6.45, 7) is 13.6. The van der Waals surface area contributed by atoms with Crippen molar-refractivity contribution in [1.29, 1.82) is 0 Å². The Kier molecular flexibility index (Phi) is 6.69. The zero-order valence-electron chi connectivity index (χ0n) is 21.8. The van der Waals surface area contributed by atoms with Crippen molar-refractivity contribution in [2.45, 2.75) is 118 Å². The highest BCUT2D eigenvalue weighted by atomic mass is 16.8. The van der Waals surface area contributed by atoms with Gasteiger partial charge in [0.25, 0.3) is 0 Å². The summed E-state index contributed by atoms with van der Waals surface area (Å²) in [5.41, 5.74) is -0.588. The number of carbonyl (C=O) groups excluding carboxylic acids is 3. The van der Waals surface area contributed by atoms with Crippen LogP contribution in [0, 0.1) is 34.5 Å². The molecule has 4 aliphatic rings. The Bertz CT molecular complexity index is 831. The predicted molar refractivity (Wildman–Crippen MR) is 124 cm³/mol. The number of hydrogen-bond donors (Lipinski definition) is 0. The predicted octanol–water partition coefficient (Wildman–Crippen LogP) is 4.80. The van der Waals surface area contributed by atoms with E-state index in [-0.39, 0.29) is 28.8 Å². The van der Waals surface area contributed by atoms with Crippen molar-refractivity contribution < 1.29 is 33.3 Å². The number of hydrogen-bond acceptors (Lipinski definition) is 7. The fraction of sp³-hybridized carbons (Fsp3) is 0.889. The van der Waals surface area contributed by atoms with Crippen molar-refractivity contribution in [3.8, 4) is 0 Å². The number of ketones is 1. The molecular formula is C27H42O7. The Morgan fingerprint density at radius 3 is 2.21 bits per heavy atom. The molecule has 0 aromatic carbocycles. The van der Waals surface area contributed by atoms with Crippen LogP contribution in [0.4, 0.5) is 0 Å². The maximum Gasteiger partial charge on any atom is 0.304 e. The van der Waals surface area contributed by atoms with Crippen LogP contribution in [0.1, 0.15) is 93.4 Å². The molecule has 1 saturated heterocycles. The summed E-state index contributed by atoms with van der Waals surface area (Å²) >= 11 is 0. The number of ether oxygens (including phenoxy) is 4. The molecule has 0 spiro atoms. The van der Waals surface area contributed by atoms with Crippen LogP contribution in [0.2, 0.25) is 0 Å². The summed E-state index contributed by atoms with van der Waals surface area (Å²) in [5.74, 6) is -0.296. The highest BCUT2D eigenvalue weighted by molar-refractivity contribution is 5.83. The van der Waals surface area contributed by atoms with Gasteiger partial charge in [0, 0.05) is 26.7 Å². The quantitative estimate of drug-likeness (QED) is 0.539. The van der Waals surface area contributed by atoms with Gasteiger partial charge in [-0.15, -0.1) is 0 Å². The molecule has 0 aromatic heterocycles. The van der Waals surface area contributed by atoms with Crippen molar-refractivity contribution in [3.63, 3.8) is 0 Å². The first-order chi connectivity index (χ1) is 15.7. The fourth-order valence-electron chi connectivity index (χ4n) is 8.03. The van der Waals surface area contributed by atoms with Gasteiger partial charge in [-0.2, -0.15) is 0 Å². The van der Waals surface area contributed by atoms with Crippen LogP contribution in [0.5, 0.6) is 0 Å². The van der Waals surface area contributed by atoms with E-state index in [9.17, 15) is 14.4 Å². The molecular weight excluding hydrogens is 436 g/mol. The minimum absolute atomic E-state index is 0.0867. The molecule has 7 heteroatoms. The number of Topliss-reactive ketones (excluding diaryl/α,β-unsaturated/α-hetero) is 1. The van der Waals surface area contributed by atoms with Crippen molar-refractivity contribution in [3.05, 3.63) is 0 Å². The first-order valence-corrected chi connectivity index (χ1v) is 12.9. The molecule has 0 unspecified atom stereocenters. The minimum Gasteiger partial charge on any atom is -0.436 e. The van der Waals surface area contributed by atoms with Gasteiger partial charge in [0.05, 0.1) is 17.6 Å². The molecule has 0 amide bonds. The maximum atomic E-state index is 13.5. The van der Waals surface area contributed by atoms with Gasteiger partial charge in [-0.3, -0.25) is 14.4 Å². The molecule has 7 nitrogen and oxygen atoms in total. The Hall–Kier alpha value is -1.47. The molecule has 3 aliphatic carbocycles. The second-order valence-electron chi connectivity index (χ2n) is 12.6. The summed E-state index contributed by atoms with van der Waals surface area (Å²) < 4.78 is 23.5. The molecule has 0 aromatic rings. The standard InChI is InChI=1S/C27H42O7/c1-15(28)31-22-14-27(7)19-12-13-26(6)18(9-11-21(26)34-25(3,4)5)17(19)8-10-20(30)23(27)24(33-22)32-16(2)29/h17-19,21-24H,8-14H2,1-7H3/t17-,18-,19-,21-,22+,23+,24+,26-,27+/m0/s1. The van der Waals surface area contributed by atoms with E-state index >= 15 is 0 Å². The molecule has 0 N–H and O–H groups in total. The molecule has 34 heavy (non-hydrogen) atoms. The molecule has 1 aliphatic heterocycles. The molecule has 9 atom stereocenters. The number of fused-ring (bicyclic) bond motifs is 5. The van der Waals surface area contributed by atoms with Crippen LogP contribution in [0.25, 0.3) is 0 Å². The van der Waals surface area contributed by atoms with E-state index in [4.69, 9.17) is 18.9 Å². The Morgan fingerprint density at radius 1 is 0.941 bits per heavy atom. The zero-order chi connectivity index (χ0) is 25.1. The summed E-state index contributed by atoms with van der Waals surface area (Å²) in [7, 11) is 0. The Morgan fingerprint density at radius 2 is 1.59 bits per heavy atom. The van der Waals surface area contributed by atoms with Crippen LogP contribution in [0.3, 0.4) is 0 Å². The number of esters is 2. The van der Waals surface area contributed by atoms with Gasteiger partial charge in [-0.1, -0.05) is 13.8 Å². The average Bonchev–Trinajstić information content (AvgIpc) is 2.93. The van der Waals surface area contributed by atoms with E-state index in [1.165, 1.54) is 13.8 Å². The van der Waals surface area contributed by atoms with Crippen LogP contribution >= 0.6 is 0 Å². The number of carbonyl (C=O) groups is 3. The zero-order valence-corrected chi connectivity index (χ0v) is 21.8. The van der Waals surface area contributed by atoms with Crippen molar-refractivity contribution in [2.24, 2.45) is 34.5 Å². The molecule has 192 valence electrons. The lowest BCUT2D eigenvalue weighted by Gasteiger charge is -2.56. The lowest BCUT2D eigenvalue weighted by atomic mass is 9.51. The van der Waals surface area contributed by atoms with Gasteiger partial charge in [0.2, 0.25) is 12.6 Å². The van der Waals surface area contributed by atoms with Gasteiger partial charge in [-0.25, -0.2) is 0 Å². The molecule has 1 heterocycles.